The quantitative estimate of drug-likeness (QED) is 0.367. The Labute approximate surface area is 47.4 Å². The predicted molar refractivity (Wildman–Crippen MR) is 29.8 cm³/mol. The highest BCUT2D eigenvalue weighted by Crippen LogP contribution is 1.78. The van der Waals surface area contributed by atoms with Crippen molar-refractivity contribution in [3.63, 3.8) is 0 Å². The van der Waals surface area contributed by atoms with Gasteiger partial charge in [-0.3, -0.25) is 4.79 Å². The molecule has 0 aliphatic carbocycles. The number of hydrogen-bond donors (Lipinski definition) is 1. The lowest BCUT2D eigenvalue weighted by atomic mass is 10.3. The summed E-state index contributed by atoms with van der Waals surface area (Å²) in [6.07, 6.45) is 0. The summed E-state index contributed by atoms with van der Waals surface area (Å²) in [5.74, 6) is -0.435. The van der Waals surface area contributed by atoms with Crippen LogP contribution in [0.1, 0.15) is 6.92 Å². The Morgan fingerprint density at radius 1 is 1.71 bits per heavy atom. The molecule has 0 aromatic carbocycles. The normalized spacial score (nSPS) is 6.43. The molecule has 38 valence electrons. The minimum absolute atomic E-state index is 0. The van der Waals surface area contributed by atoms with E-state index in [9.17, 15) is 4.79 Å². The first-order valence-corrected chi connectivity index (χ1v) is 1.60. The van der Waals surface area contributed by atoms with Gasteiger partial charge >= 0.3 is 0 Å². The molecule has 2 N–H and O–H groups in total. The summed E-state index contributed by atoms with van der Waals surface area (Å²) in [5, 5.41) is 0. The van der Waals surface area contributed by atoms with Crippen LogP contribution in [-0.2, 0) is 4.79 Å². The van der Waals surface area contributed by atoms with Gasteiger partial charge in [0.15, 0.2) is 0 Å². The fourth-order valence-corrected chi connectivity index (χ4v) is 0. The van der Waals surface area contributed by atoms with Gasteiger partial charge < -0.3 is 5.73 Å². The first-order chi connectivity index (χ1) is 2.64. The molecule has 0 aromatic heterocycles. The van der Waals surface area contributed by atoms with Crippen LogP contribution in [0.25, 0.3) is 0 Å². The Morgan fingerprint density at radius 2 is 1.86 bits per heavy atom. The average Bonchev–Trinajstić information content (AvgIpc) is 1.36. The van der Waals surface area contributed by atoms with E-state index in [2.05, 4.69) is 6.58 Å². The van der Waals surface area contributed by atoms with Crippen LogP contribution in [0, 0.1) is 0 Å². The maximum absolute atomic E-state index is 9.82. The molecule has 0 rings (SSSR count). The maximum atomic E-state index is 9.82. The zero-order valence-corrected chi connectivity index (χ0v) is 5.19. The number of rotatable bonds is 1. The van der Waals surface area contributed by atoms with Crippen LogP contribution in [0.15, 0.2) is 12.2 Å². The molecule has 0 aliphatic rings. The molecule has 0 aliphatic heterocycles. The van der Waals surface area contributed by atoms with Crippen molar-refractivity contribution >= 4 is 16.9 Å². The molecule has 0 saturated heterocycles. The fraction of sp³-hybridized carbons (Fsp3) is 0.250. The summed E-state index contributed by atoms with van der Waals surface area (Å²) in [6, 6.07) is 0. The van der Waals surface area contributed by atoms with Gasteiger partial charge in [-0.15, -0.1) is 0 Å². The van der Waals surface area contributed by atoms with E-state index < -0.39 is 5.91 Å². The van der Waals surface area contributed by atoms with Crippen LogP contribution >= 0.6 is 0 Å². The van der Waals surface area contributed by atoms with Crippen molar-refractivity contribution in [3.05, 3.63) is 12.2 Å². The summed E-state index contributed by atoms with van der Waals surface area (Å²) in [4.78, 5) is 9.82. The van der Waals surface area contributed by atoms with E-state index in [0.29, 0.717) is 5.57 Å². The van der Waals surface area contributed by atoms with Crippen LogP contribution < -0.4 is 5.73 Å². The topological polar surface area (TPSA) is 43.1 Å². The Kier molecular flexibility index (Phi) is 4.98. The van der Waals surface area contributed by atoms with Crippen molar-refractivity contribution in [2.24, 2.45) is 5.73 Å². The van der Waals surface area contributed by atoms with E-state index in [1.54, 1.807) is 6.92 Å². The summed E-state index contributed by atoms with van der Waals surface area (Å²) in [6.45, 7) is 4.85. The lowest BCUT2D eigenvalue weighted by molar-refractivity contribution is -0.114. The summed E-state index contributed by atoms with van der Waals surface area (Å²) >= 11 is 0. The third kappa shape index (κ3) is 5.43. The van der Waals surface area contributed by atoms with Gasteiger partial charge in [0, 0.05) is 16.5 Å². The monoisotopic (exact) mass is 113 g/mol. The van der Waals surface area contributed by atoms with Gasteiger partial charge in [0.25, 0.3) is 0 Å². The largest absolute Gasteiger partial charge is 0.366 e. The van der Waals surface area contributed by atoms with Gasteiger partial charge in [0.05, 0.1) is 0 Å². The van der Waals surface area contributed by atoms with E-state index in [4.69, 9.17) is 5.73 Å². The maximum Gasteiger partial charge on any atom is 0.243 e. The molecular formula is C4H7NOSi. The molecule has 0 heterocycles. The molecule has 0 unspecified atom stereocenters. The smallest absolute Gasteiger partial charge is 0.243 e. The van der Waals surface area contributed by atoms with Crippen molar-refractivity contribution < 1.29 is 4.79 Å². The number of hydrogen-bond acceptors (Lipinski definition) is 1. The predicted octanol–water partition coefficient (Wildman–Crippen LogP) is -0.333. The molecule has 0 aromatic rings. The van der Waals surface area contributed by atoms with Crippen molar-refractivity contribution in [2.75, 3.05) is 0 Å². The molecule has 4 radical (unpaired) electrons. The molecule has 0 atom stereocenters. The molecule has 1 amide bonds. The number of primary amides is 1. The van der Waals surface area contributed by atoms with Crippen molar-refractivity contribution in [1.29, 1.82) is 0 Å². The number of carbonyl (C=O) groups is 1. The van der Waals surface area contributed by atoms with Gasteiger partial charge in [0.1, 0.15) is 0 Å². The van der Waals surface area contributed by atoms with Gasteiger partial charge in [-0.1, -0.05) is 6.58 Å². The van der Waals surface area contributed by atoms with Gasteiger partial charge in [-0.2, -0.15) is 0 Å². The van der Waals surface area contributed by atoms with Gasteiger partial charge in [-0.25, -0.2) is 0 Å². The van der Waals surface area contributed by atoms with Crippen LogP contribution in [0.2, 0.25) is 0 Å². The molecule has 0 bridgehead atoms. The third-order valence-corrected chi connectivity index (χ3v) is 0.421. The Morgan fingerprint density at radius 3 is 1.86 bits per heavy atom. The minimum atomic E-state index is -0.435. The highest BCUT2D eigenvalue weighted by Gasteiger charge is 1.86. The summed E-state index contributed by atoms with van der Waals surface area (Å²) < 4.78 is 0. The zero-order valence-electron chi connectivity index (χ0n) is 4.19. The van der Waals surface area contributed by atoms with E-state index >= 15 is 0 Å². The number of amides is 1. The molecule has 0 fully saturated rings. The first-order valence-electron chi connectivity index (χ1n) is 1.60. The van der Waals surface area contributed by atoms with Crippen LogP contribution in [0.5, 0.6) is 0 Å². The number of carbonyl (C=O) groups excluding carboxylic acids is 1. The molecule has 2 nitrogen and oxygen atoms in total. The summed E-state index contributed by atoms with van der Waals surface area (Å²) in [5.41, 5.74) is 5.09. The molecule has 7 heavy (non-hydrogen) atoms. The molecule has 0 spiro atoms. The first kappa shape index (κ1) is 9.66. The van der Waals surface area contributed by atoms with E-state index in [1.165, 1.54) is 0 Å². The Bertz CT molecular complexity index is 77.7. The average molecular weight is 113 g/mol. The standard InChI is InChI=1S/C4H7NO.Si/c1-3(2)4(5)6;/h1H2,2H3,(H2,5,6);. The molecule has 0 saturated carbocycles. The van der Waals surface area contributed by atoms with E-state index in [0.717, 1.165) is 0 Å². The SMILES string of the molecule is C=C(C)C(N)=O.[Si]. The van der Waals surface area contributed by atoms with E-state index in [-0.39, 0.29) is 11.0 Å². The van der Waals surface area contributed by atoms with Gasteiger partial charge in [-0.05, 0) is 6.92 Å². The van der Waals surface area contributed by atoms with Crippen molar-refractivity contribution in [1.82, 2.24) is 0 Å². The van der Waals surface area contributed by atoms with Crippen molar-refractivity contribution in [3.8, 4) is 0 Å². The van der Waals surface area contributed by atoms with Crippen LogP contribution in [-0.4, -0.2) is 16.9 Å². The van der Waals surface area contributed by atoms with E-state index in [1.807, 2.05) is 0 Å². The second kappa shape index (κ2) is 3.61. The Hall–Kier alpha value is -0.573. The minimum Gasteiger partial charge on any atom is -0.366 e. The lowest BCUT2D eigenvalue weighted by Crippen LogP contribution is -2.10. The zero-order chi connectivity index (χ0) is 5.15. The highest BCUT2D eigenvalue weighted by molar-refractivity contribution is 5.90. The van der Waals surface area contributed by atoms with Crippen LogP contribution in [0.3, 0.4) is 0 Å². The van der Waals surface area contributed by atoms with Gasteiger partial charge in [0.2, 0.25) is 5.91 Å². The van der Waals surface area contributed by atoms with Crippen LogP contribution in [0.4, 0.5) is 0 Å². The second-order valence-corrected chi connectivity index (χ2v) is 1.14. The highest BCUT2D eigenvalue weighted by atomic mass is 28.1. The summed E-state index contributed by atoms with van der Waals surface area (Å²) in [7, 11) is 0. The molecular weight excluding hydrogens is 106 g/mol. The lowest BCUT2D eigenvalue weighted by Gasteiger charge is -1.81. The fourth-order valence-electron chi connectivity index (χ4n) is 0. The number of nitrogens with two attached hydrogens (primary N) is 1. The third-order valence-electron chi connectivity index (χ3n) is 0.421. The van der Waals surface area contributed by atoms with Crippen molar-refractivity contribution in [2.45, 2.75) is 6.92 Å². The molecule has 3 heteroatoms. The Balaban J connectivity index is 0. The second-order valence-electron chi connectivity index (χ2n) is 1.14.